The van der Waals surface area contributed by atoms with Crippen LogP contribution in [0.25, 0.3) is 0 Å². The molecule has 0 aliphatic carbocycles. The van der Waals surface area contributed by atoms with Crippen LogP contribution in [0.2, 0.25) is 5.02 Å². The normalized spacial score (nSPS) is 11.7. The monoisotopic (exact) mass is 270 g/mol. The molecule has 18 heavy (non-hydrogen) atoms. The molecule has 0 saturated carbocycles. The van der Waals surface area contributed by atoms with E-state index in [1.54, 1.807) is 31.2 Å². The Hall–Kier alpha value is -1.59. The number of aliphatic hydroxyl groups is 1. The number of benzene rings is 1. The maximum absolute atomic E-state index is 11.6. The van der Waals surface area contributed by atoms with Gasteiger partial charge in [0, 0.05) is 0 Å². The summed E-state index contributed by atoms with van der Waals surface area (Å²) in [7, 11) is 0. The van der Waals surface area contributed by atoms with Crippen molar-refractivity contribution in [3.8, 4) is 0 Å². The fourth-order valence-electron chi connectivity index (χ4n) is 1.27. The molecule has 0 saturated heterocycles. The lowest BCUT2D eigenvalue weighted by molar-refractivity contribution is -0.136. The van der Waals surface area contributed by atoms with Crippen molar-refractivity contribution in [3.05, 3.63) is 29.3 Å². The van der Waals surface area contributed by atoms with Crippen LogP contribution in [0.3, 0.4) is 0 Å². The molecular formula is C12H15ClN2O3. The van der Waals surface area contributed by atoms with E-state index in [-0.39, 0.29) is 6.61 Å². The molecule has 0 aliphatic heterocycles. The Labute approximate surface area is 110 Å². The number of hydrogen-bond donors (Lipinski definition) is 3. The Morgan fingerprint density at radius 1 is 1.33 bits per heavy atom. The van der Waals surface area contributed by atoms with Gasteiger partial charge in [-0.25, -0.2) is 0 Å². The van der Waals surface area contributed by atoms with Gasteiger partial charge in [0.1, 0.15) is 0 Å². The molecule has 1 unspecified atom stereocenters. The first-order valence-electron chi connectivity index (χ1n) is 5.55. The molecule has 0 heterocycles. The number of anilines is 1. The summed E-state index contributed by atoms with van der Waals surface area (Å²) in [6.07, 6.45) is 0.543. The third-order valence-electron chi connectivity index (χ3n) is 2.38. The standard InChI is InChI=1S/C12H15ClN2O3/c1-2-8(7-16)14-11(17)12(18)15-10-6-4-3-5-9(10)13/h3-6,8,16H,2,7H2,1H3,(H,14,17)(H,15,18). The van der Waals surface area contributed by atoms with Crippen LogP contribution in [0.15, 0.2) is 24.3 Å². The molecule has 5 nitrogen and oxygen atoms in total. The van der Waals surface area contributed by atoms with Crippen molar-refractivity contribution < 1.29 is 14.7 Å². The highest BCUT2D eigenvalue weighted by Crippen LogP contribution is 2.20. The molecule has 3 N–H and O–H groups in total. The third-order valence-corrected chi connectivity index (χ3v) is 2.71. The first-order chi connectivity index (χ1) is 8.58. The molecule has 2 amide bonds. The zero-order chi connectivity index (χ0) is 13.5. The largest absolute Gasteiger partial charge is 0.394 e. The zero-order valence-electron chi connectivity index (χ0n) is 9.94. The minimum absolute atomic E-state index is 0.207. The quantitative estimate of drug-likeness (QED) is 0.719. The minimum atomic E-state index is -0.810. The van der Waals surface area contributed by atoms with Gasteiger partial charge < -0.3 is 15.7 Å². The summed E-state index contributed by atoms with van der Waals surface area (Å²) in [4.78, 5) is 23.1. The second-order valence-electron chi connectivity index (χ2n) is 3.70. The number of carbonyl (C=O) groups is 2. The van der Waals surface area contributed by atoms with Crippen LogP contribution in [0.5, 0.6) is 0 Å². The summed E-state index contributed by atoms with van der Waals surface area (Å²) in [5, 5.41) is 14.1. The topological polar surface area (TPSA) is 78.4 Å². The van der Waals surface area contributed by atoms with E-state index in [2.05, 4.69) is 10.6 Å². The highest BCUT2D eigenvalue weighted by Gasteiger charge is 2.17. The van der Waals surface area contributed by atoms with Gasteiger partial charge in [0.2, 0.25) is 0 Å². The predicted octanol–water partition coefficient (Wildman–Crippen LogP) is 1.17. The maximum Gasteiger partial charge on any atom is 0.313 e. The summed E-state index contributed by atoms with van der Waals surface area (Å²) in [6.45, 7) is 1.59. The first-order valence-corrected chi connectivity index (χ1v) is 5.93. The van der Waals surface area contributed by atoms with Crippen molar-refractivity contribution in [2.75, 3.05) is 11.9 Å². The second kappa shape index (κ2) is 6.98. The average molecular weight is 271 g/mol. The van der Waals surface area contributed by atoms with E-state index < -0.39 is 17.9 Å². The van der Waals surface area contributed by atoms with Crippen LogP contribution >= 0.6 is 11.6 Å². The van der Waals surface area contributed by atoms with E-state index in [0.717, 1.165) is 0 Å². The number of hydrogen-bond acceptors (Lipinski definition) is 3. The van der Waals surface area contributed by atoms with E-state index in [1.807, 2.05) is 0 Å². The molecule has 0 aliphatic rings. The highest BCUT2D eigenvalue weighted by molar-refractivity contribution is 6.41. The molecule has 6 heteroatoms. The summed E-state index contributed by atoms with van der Waals surface area (Å²) in [6, 6.07) is 6.20. The molecular weight excluding hydrogens is 256 g/mol. The van der Waals surface area contributed by atoms with Crippen LogP contribution in [-0.2, 0) is 9.59 Å². The Bertz CT molecular complexity index is 433. The lowest BCUT2D eigenvalue weighted by atomic mass is 10.2. The molecule has 1 aromatic rings. The van der Waals surface area contributed by atoms with Gasteiger partial charge in [-0.1, -0.05) is 30.7 Å². The van der Waals surface area contributed by atoms with Crippen molar-refractivity contribution in [3.63, 3.8) is 0 Å². The Balaban J connectivity index is 2.61. The summed E-state index contributed by atoms with van der Waals surface area (Å²) in [5.41, 5.74) is 0.372. The van der Waals surface area contributed by atoms with Gasteiger partial charge in [-0.3, -0.25) is 9.59 Å². The van der Waals surface area contributed by atoms with Crippen LogP contribution in [0.4, 0.5) is 5.69 Å². The minimum Gasteiger partial charge on any atom is -0.394 e. The number of aliphatic hydroxyl groups excluding tert-OH is 1. The Morgan fingerprint density at radius 2 is 2.00 bits per heavy atom. The van der Waals surface area contributed by atoms with E-state index in [1.165, 1.54) is 0 Å². The van der Waals surface area contributed by atoms with Gasteiger partial charge in [-0.2, -0.15) is 0 Å². The second-order valence-corrected chi connectivity index (χ2v) is 4.10. The Kier molecular flexibility index (Phi) is 5.61. The van der Waals surface area contributed by atoms with Crippen LogP contribution in [-0.4, -0.2) is 29.6 Å². The number of nitrogens with one attached hydrogen (secondary N) is 2. The number of carbonyl (C=O) groups excluding carboxylic acids is 2. The van der Waals surface area contributed by atoms with E-state index in [4.69, 9.17) is 16.7 Å². The van der Waals surface area contributed by atoms with Crippen LogP contribution in [0, 0.1) is 0 Å². The van der Waals surface area contributed by atoms with Gasteiger partial charge in [0.05, 0.1) is 23.4 Å². The van der Waals surface area contributed by atoms with Crippen LogP contribution < -0.4 is 10.6 Å². The van der Waals surface area contributed by atoms with Crippen molar-refractivity contribution in [1.29, 1.82) is 0 Å². The van der Waals surface area contributed by atoms with Gasteiger partial charge >= 0.3 is 11.8 Å². The lowest BCUT2D eigenvalue weighted by Gasteiger charge is -2.13. The molecule has 1 aromatic carbocycles. The highest BCUT2D eigenvalue weighted by atomic mass is 35.5. The fourth-order valence-corrected chi connectivity index (χ4v) is 1.45. The third kappa shape index (κ3) is 4.01. The van der Waals surface area contributed by atoms with Crippen molar-refractivity contribution in [1.82, 2.24) is 5.32 Å². The van der Waals surface area contributed by atoms with E-state index in [9.17, 15) is 9.59 Å². The first kappa shape index (κ1) is 14.5. The molecule has 1 rings (SSSR count). The van der Waals surface area contributed by atoms with Gasteiger partial charge in [-0.05, 0) is 18.6 Å². The van der Waals surface area contributed by atoms with E-state index in [0.29, 0.717) is 17.1 Å². The molecule has 0 radical (unpaired) electrons. The summed E-state index contributed by atoms with van der Waals surface area (Å²) in [5.74, 6) is -1.61. The lowest BCUT2D eigenvalue weighted by Crippen LogP contribution is -2.43. The molecule has 0 bridgehead atoms. The predicted molar refractivity (Wildman–Crippen MR) is 69.4 cm³/mol. The zero-order valence-corrected chi connectivity index (χ0v) is 10.7. The summed E-state index contributed by atoms with van der Waals surface area (Å²) < 4.78 is 0. The molecule has 98 valence electrons. The van der Waals surface area contributed by atoms with Gasteiger partial charge in [-0.15, -0.1) is 0 Å². The average Bonchev–Trinajstić information content (AvgIpc) is 2.38. The summed E-state index contributed by atoms with van der Waals surface area (Å²) >= 11 is 5.85. The molecule has 0 spiro atoms. The SMILES string of the molecule is CCC(CO)NC(=O)C(=O)Nc1ccccc1Cl. The van der Waals surface area contributed by atoms with Gasteiger partial charge in [0.15, 0.2) is 0 Å². The fraction of sp³-hybridized carbons (Fsp3) is 0.333. The van der Waals surface area contributed by atoms with Crippen molar-refractivity contribution in [2.45, 2.75) is 19.4 Å². The van der Waals surface area contributed by atoms with Gasteiger partial charge in [0.25, 0.3) is 0 Å². The van der Waals surface area contributed by atoms with Crippen molar-refractivity contribution >= 4 is 29.1 Å². The molecule has 1 atom stereocenters. The Morgan fingerprint density at radius 3 is 2.56 bits per heavy atom. The maximum atomic E-state index is 11.6. The number of para-hydroxylation sites is 1. The number of rotatable bonds is 4. The number of amides is 2. The van der Waals surface area contributed by atoms with Crippen molar-refractivity contribution in [2.24, 2.45) is 0 Å². The number of halogens is 1. The van der Waals surface area contributed by atoms with Crippen LogP contribution in [0.1, 0.15) is 13.3 Å². The molecule has 0 aromatic heterocycles. The smallest absolute Gasteiger partial charge is 0.313 e. The molecule has 0 fully saturated rings. The van der Waals surface area contributed by atoms with E-state index >= 15 is 0 Å².